The third-order valence-corrected chi connectivity index (χ3v) is 7.23. The lowest BCUT2D eigenvalue weighted by molar-refractivity contribution is -0.346. The van der Waals surface area contributed by atoms with Gasteiger partial charge in [-0.25, -0.2) is 0 Å². The van der Waals surface area contributed by atoms with Crippen molar-refractivity contribution in [3.8, 4) is 0 Å². The van der Waals surface area contributed by atoms with Crippen molar-refractivity contribution in [3.05, 3.63) is 0 Å². The molecule has 2 saturated carbocycles. The van der Waals surface area contributed by atoms with E-state index in [9.17, 15) is 17.6 Å². The number of halogens is 6. The SMILES string of the molecule is FC1(F)OC(F)(F)C2C1[C@@H]1C[C@H]2[C@@H](Br)C1Br. The summed E-state index contributed by atoms with van der Waals surface area (Å²) in [7, 11) is 0. The van der Waals surface area contributed by atoms with E-state index in [0.717, 1.165) is 0 Å². The summed E-state index contributed by atoms with van der Waals surface area (Å²) in [6.07, 6.45) is -6.99. The van der Waals surface area contributed by atoms with Crippen LogP contribution in [0.2, 0.25) is 0 Å². The van der Waals surface area contributed by atoms with Crippen LogP contribution in [-0.2, 0) is 4.74 Å². The Bertz CT molecular complexity index is 307. The lowest BCUT2D eigenvalue weighted by atomic mass is 9.79. The molecule has 0 amide bonds. The van der Waals surface area contributed by atoms with Gasteiger partial charge in [-0.2, -0.15) is 17.6 Å². The molecule has 0 aromatic carbocycles. The van der Waals surface area contributed by atoms with Crippen LogP contribution in [0.4, 0.5) is 17.6 Å². The zero-order chi connectivity index (χ0) is 11.9. The highest BCUT2D eigenvalue weighted by Gasteiger charge is 2.77. The molecule has 2 bridgehead atoms. The Morgan fingerprint density at radius 3 is 1.62 bits per heavy atom. The summed E-state index contributed by atoms with van der Waals surface area (Å²) in [5.41, 5.74) is 0. The summed E-state index contributed by atoms with van der Waals surface area (Å²) in [6.45, 7) is 0. The molecule has 0 spiro atoms. The first-order valence-electron chi connectivity index (χ1n) is 4.99. The smallest absolute Gasteiger partial charge is 0.255 e. The Hall–Kier alpha value is 0.640. The van der Waals surface area contributed by atoms with Crippen LogP contribution in [-0.4, -0.2) is 21.9 Å². The van der Waals surface area contributed by atoms with Crippen molar-refractivity contribution in [2.24, 2.45) is 23.7 Å². The zero-order valence-corrected chi connectivity index (χ0v) is 11.0. The molecule has 1 aliphatic heterocycles. The van der Waals surface area contributed by atoms with Crippen LogP contribution < -0.4 is 0 Å². The maximum atomic E-state index is 13.4. The summed E-state index contributed by atoms with van der Waals surface area (Å²) in [5.74, 6) is -3.60. The van der Waals surface area contributed by atoms with Crippen molar-refractivity contribution in [2.45, 2.75) is 28.3 Å². The van der Waals surface area contributed by atoms with Gasteiger partial charge in [0.1, 0.15) is 0 Å². The van der Waals surface area contributed by atoms with Crippen molar-refractivity contribution in [2.75, 3.05) is 0 Å². The normalized spacial score (nSPS) is 56.6. The summed E-state index contributed by atoms with van der Waals surface area (Å²) in [4.78, 5) is -0.357. The molecule has 3 aliphatic rings. The highest BCUT2D eigenvalue weighted by atomic mass is 79.9. The standard InChI is InChI=1S/C9H8Br2F4O/c10-6-2-1-3(7(6)11)5-4(2)8(12,13)16-9(5,14)15/h2-7H,1H2/t2-,3+,4?,5?,6-,7?/m1/s1. The molecule has 1 saturated heterocycles. The van der Waals surface area contributed by atoms with Gasteiger partial charge in [-0.05, 0) is 18.3 Å². The molecule has 0 aromatic rings. The molecular formula is C9H8Br2F4O. The molecule has 16 heavy (non-hydrogen) atoms. The lowest BCUT2D eigenvalue weighted by Crippen LogP contribution is -2.42. The Kier molecular flexibility index (Phi) is 2.30. The Morgan fingerprint density at radius 1 is 0.875 bits per heavy atom. The van der Waals surface area contributed by atoms with Gasteiger partial charge in [-0.1, -0.05) is 31.9 Å². The van der Waals surface area contributed by atoms with E-state index in [1.807, 2.05) is 0 Å². The van der Waals surface area contributed by atoms with Crippen LogP contribution in [0.1, 0.15) is 6.42 Å². The molecule has 1 heterocycles. The fourth-order valence-corrected chi connectivity index (χ4v) is 5.38. The number of rotatable bonds is 0. The maximum Gasteiger partial charge on any atom is 0.363 e. The molecule has 0 aromatic heterocycles. The van der Waals surface area contributed by atoms with Gasteiger partial charge in [0.25, 0.3) is 0 Å². The minimum atomic E-state index is -3.70. The average molecular weight is 368 g/mol. The number of ether oxygens (including phenoxy) is 1. The number of fused-ring (bicyclic) bond motifs is 5. The second kappa shape index (κ2) is 3.15. The minimum Gasteiger partial charge on any atom is -0.255 e. The molecule has 3 unspecified atom stereocenters. The van der Waals surface area contributed by atoms with Gasteiger partial charge in [0, 0.05) is 9.65 Å². The van der Waals surface area contributed by atoms with Crippen LogP contribution in [0.15, 0.2) is 0 Å². The molecule has 7 heteroatoms. The topological polar surface area (TPSA) is 9.23 Å². The van der Waals surface area contributed by atoms with Crippen LogP contribution in [0, 0.1) is 23.7 Å². The maximum absolute atomic E-state index is 13.4. The average Bonchev–Trinajstić information content (AvgIpc) is 2.68. The summed E-state index contributed by atoms with van der Waals surface area (Å²) in [5, 5.41) is 0. The van der Waals surface area contributed by atoms with Gasteiger partial charge < -0.3 is 0 Å². The Morgan fingerprint density at radius 2 is 1.25 bits per heavy atom. The van der Waals surface area contributed by atoms with E-state index >= 15 is 0 Å². The van der Waals surface area contributed by atoms with Crippen LogP contribution in [0.3, 0.4) is 0 Å². The van der Waals surface area contributed by atoms with Gasteiger partial charge in [-0.3, -0.25) is 4.74 Å². The molecule has 0 radical (unpaired) electrons. The molecule has 92 valence electrons. The summed E-state index contributed by atoms with van der Waals surface area (Å²) >= 11 is 6.61. The molecule has 0 N–H and O–H groups in total. The third kappa shape index (κ3) is 1.25. The largest absolute Gasteiger partial charge is 0.363 e. The highest BCUT2D eigenvalue weighted by molar-refractivity contribution is 9.12. The number of hydrogen-bond acceptors (Lipinski definition) is 1. The third-order valence-electron chi connectivity index (χ3n) is 4.02. The fourth-order valence-electron chi connectivity index (χ4n) is 3.50. The summed E-state index contributed by atoms with van der Waals surface area (Å²) < 4.78 is 57.3. The van der Waals surface area contributed by atoms with E-state index < -0.39 is 35.9 Å². The number of alkyl halides is 6. The van der Waals surface area contributed by atoms with Crippen LogP contribution >= 0.6 is 31.9 Å². The van der Waals surface area contributed by atoms with E-state index in [4.69, 9.17) is 0 Å². The second-order valence-corrected chi connectivity index (χ2v) is 6.84. The monoisotopic (exact) mass is 366 g/mol. The Balaban J connectivity index is 2.03. The molecule has 3 fully saturated rings. The summed E-state index contributed by atoms with van der Waals surface area (Å²) in [6, 6.07) is 0. The Labute approximate surface area is 106 Å². The second-order valence-electron chi connectivity index (χ2n) is 4.73. The molecule has 6 atom stereocenters. The van der Waals surface area contributed by atoms with Crippen molar-refractivity contribution in [3.63, 3.8) is 0 Å². The lowest BCUT2D eigenvalue weighted by Gasteiger charge is -2.33. The van der Waals surface area contributed by atoms with Crippen molar-refractivity contribution < 1.29 is 22.3 Å². The van der Waals surface area contributed by atoms with Crippen LogP contribution in [0.25, 0.3) is 0 Å². The van der Waals surface area contributed by atoms with E-state index in [0.29, 0.717) is 6.42 Å². The van der Waals surface area contributed by atoms with E-state index in [1.54, 1.807) is 0 Å². The fraction of sp³-hybridized carbons (Fsp3) is 1.00. The van der Waals surface area contributed by atoms with E-state index in [1.165, 1.54) is 0 Å². The number of hydrogen-bond donors (Lipinski definition) is 0. The van der Waals surface area contributed by atoms with E-state index in [2.05, 4.69) is 36.6 Å². The minimum absolute atomic E-state index is 0.179. The molecule has 1 nitrogen and oxygen atoms in total. The predicted molar refractivity (Wildman–Crippen MR) is 55.0 cm³/mol. The van der Waals surface area contributed by atoms with Gasteiger partial charge in [-0.15, -0.1) is 0 Å². The van der Waals surface area contributed by atoms with Crippen molar-refractivity contribution in [1.82, 2.24) is 0 Å². The van der Waals surface area contributed by atoms with E-state index in [-0.39, 0.29) is 9.65 Å². The first-order chi connectivity index (χ1) is 7.26. The molecular weight excluding hydrogens is 360 g/mol. The first-order valence-corrected chi connectivity index (χ1v) is 6.83. The first kappa shape index (κ1) is 11.7. The van der Waals surface area contributed by atoms with Crippen molar-refractivity contribution >= 4 is 31.9 Å². The predicted octanol–water partition coefficient (Wildman–Crippen LogP) is 3.61. The highest BCUT2D eigenvalue weighted by Crippen LogP contribution is 2.68. The molecule has 3 rings (SSSR count). The van der Waals surface area contributed by atoms with Gasteiger partial charge in [0.05, 0.1) is 11.8 Å². The van der Waals surface area contributed by atoms with Gasteiger partial charge in [0.2, 0.25) is 0 Å². The van der Waals surface area contributed by atoms with Crippen molar-refractivity contribution in [1.29, 1.82) is 0 Å². The zero-order valence-electron chi connectivity index (χ0n) is 7.85. The quantitative estimate of drug-likeness (QED) is 0.469. The van der Waals surface area contributed by atoms with Crippen LogP contribution in [0.5, 0.6) is 0 Å². The molecule has 2 aliphatic carbocycles. The van der Waals surface area contributed by atoms with Gasteiger partial charge in [0.15, 0.2) is 0 Å². The van der Waals surface area contributed by atoms with Gasteiger partial charge >= 0.3 is 12.2 Å².